The molecule has 1 saturated carbocycles. The number of fused-ring (bicyclic) bond motifs is 1. The number of aromatic nitrogens is 3. The summed E-state index contributed by atoms with van der Waals surface area (Å²) in [5, 5.41) is 4.49. The third kappa shape index (κ3) is 2.60. The van der Waals surface area contributed by atoms with Gasteiger partial charge in [0.2, 0.25) is 5.89 Å². The van der Waals surface area contributed by atoms with Gasteiger partial charge < -0.3 is 9.32 Å². The Kier molecular flexibility index (Phi) is 3.58. The van der Waals surface area contributed by atoms with E-state index in [1.165, 1.54) is 18.5 Å². The van der Waals surface area contributed by atoms with Crippen LogP contribution >= 0.6 is 0 Å². The molecule has 0 spiro atoms. The summed E-state index contributed by atoms with van der Waals surface area (Å²) >= 11 is 0. The number of amides is 1. The number of benzene rings is 1. The average molecular weight is 350 g/mol. The minimum Gasteiger partial charge on any atom is -0.438 e. The molecule has 1 aliphatic heterocycles. The van der Waals surface area contributed by atoms with Crippen LogP contribution in [0.2, 0.25) is 0 Å². The summed E-state index contributed by atoms with van der Waals surface area (Å²) in [4.78, 5) is 19.7. The van der Waals surface area contributed by atoms with E-state index in [0.717, 1.165) is 36.9 Å². The van der Waals surface area contributed by atoms with Crippen LogP contribution in [0.3, 0.4) is 0 Å². The molecule has 1 amide bonds. The predicted molar refractivity (Wildman–Crippen MR) is 96.8 cm³/mol. The summed E-state index contributed by atoms with van der Waals surface area (Å²) in [6.45, 7) is 0.720. The molecule has 6 nitrogen and oxygen atoms in total. The third-order valence-corrected chi connectivity index (χ3v) is 5.49. The highest BCUT2D eigenvalue weighted by atomic mass is 16.3. The smallest absolute Gasteiger partial charge is 0.275 e. The number of nitrogens with zero attached hydrogens (tertiary/aromatic N) is 4. The molecule has 2 aromatic heterocycles. The van der Waals surface area contributed by atoms with E-state index in [1.54, 1.807) is 0 Å². The van der Waals surface area contributed by atoms with Crippen molar-refractivity contribution in [3.63, 3.8) is 0 Å². The molecule has 3 aromatic rings. The molecule has 6 heteroatoms. The van der Waals surface area contributed by atoms with Gasteiger partial charge in [-0.25, -0.2) is 4.98 Å². The summed E-state index contributed by atoms with van der Waals surface area (Å²) in [5.74, 6) is 1.19. The number of rotatable bonds is 3. The largest absolute Gasteiger partial charge is 0.438 e. The molecule has 0 bridgehead atoms. The molecule has 1 unspecified atom stereocenters. The number of aryl methyl sites for hydroxylation is 1. The van der Waals surface area contributed by atoms with E-state index in [-0.39, 0.29) is 11.9 Å². The first-order valence-corrected chi connectivity index (χ1v) is 9.41. The highest BCUT2D eigenvalue weighted by Gasteiger charge is 2.35. The molecule has 3 heterocycles. The van der Waals surface area contributed by atoms with Gasteiger partial charge >= 0.3 is 0 Å². The topological polar surface area (TPSA) is 64.2 Å². The Balaban J connectivity index is 1.47. The molecular formula is C20H22N4O2. The van der Waals surface area contributed by atoms with Crippen LogP contribution in [0.4, 0.5) is 0 Å². The van der Waals surface area contributed by atoms with Gasteiger partial charge in [0.1, 0.15) is 11.6 Å². The van der Waals surface area contributed by atoms with Gasteiger partial charge in [-0.1, -0.05) is 12.1 Å². The van der Waals surface area contributed by atoms with Crippen molar-refractivity contribution in [2.24, 2.45) is 7.05 Å². The molecule has 2 aliphatic rings. The van der Waals surface area contributed by atoms with Crippen molar-refractivity contribution in [1.82, 2.24) is 19.7 Å². The Morgan fingerprint density at radius 1 is 1.19 bits per heavy atom. The van der Waals surface area contributed by atoms with Crippen LogP contribution in [0.15, 0.2) is 34.7 Å². The molecule has 1 aliphatic carbocycles. The van der Waals surface area contributed by atoms with Gasteiger partial charge in [0.25, 0.3) is 5.91 Å². The summed E-state index contributed by atoms with van der Waals surface area (Å²) in [5.41, 5.74) is 3.32. The maximum Gasteiger partial charge on any atom is 0.275 e. The summed E-state index contributed by atoms with van der Waals surface area (Å²) in [6, 6.07) is 9.60. The second kappa shape index (κ2) is 5.97. The van der Waals surface area contributed by atoms with E-state index in [1.807, 2.05) is 47.0 Å². The van der Waals surface area contributed by atoms with Gasteiger partial charge in [-0.05, 0) is 50.3 Å². The van der Waals surface area contributed by atoms with E-state index in [9.17, 15) is 4.79 Å². The standard InChI is InChI=1S/C20H22N4O2/c1-23-17(13-9-10-13)12-15(22-23)20(25)24-11-5-4-7-16(24)19-21-14-6-2-3-8-18(14)26-19/h2-3,6,8,12-13,16H,4-5,7,9-11H2,1H3. The zero-order chi connectivity index (χ0) is 17.7. The van der Waals surface area contributed by atoms with Crippen LogP contribution in [0.1, 0.15) is 66.1 Å². The highest BCUT2D eigenvalue weighted by molar-refractivity contribution is 5.92. The van der Waals surface area contributed by atoms with E-state index >= 15 is 0 Å². The first-order chi connectivity index (χ1) is 12.7. The van der Waals surface area contributed by atoms with Crippen LogP contribution in [-0.4, -0.2) is 32.1 Å². The zero-order valence-electron chi connectivity index (χ0n) is 14.9. The van der Waals surface area contributed by atoms with Gasteiger partial charge in [0.05, 0.1) is 0 Å². The number of piperidine rings is 1. The fourth-order valence-electron chi connectivity index (χ4n) is 3.96. The minimum atomic E-state index is -0.116. The van der Waals surface area contributed by atoms with Crippen molar-refractivity contribution < 1.29 is 9.21 Å². The lowest BCUT2D eigenvalue weighted by molar-refractivity contribution is 0.0567. The molecule has 26 heavy (non-hydrogen) atoms. The van der Waals surface area contributed by atoms with Gasteiger partial charge in [-0.2, -0.15) is 5.10 Å². The second-order valence-electron chi connectivity index (χ2n) is 7.38. The van der Waals surface area contributed by atoms with Gasteiger partial charge in [0, 0.05) is 25.2 Å². The number of oxazole rings is 1. The maximum absolute atomic E-state index is 13.2. The Labute approximate surface area is 151 Å². The maximum atomic E-state index is 13.2. The molecule has 5 rings (SSSR count). The molecule has 1 atom stereocenters. The minimum absolute atomic E-state index is 0.0144. The van der Waals surface area contributed by atoms with Crippen molar-refractivity contribution in [3.05, 3.63) is 47.6 Å². The van der Waals surface area contributed by atoms with Crippen LogP contribution in [0.25, 0.3) is 11.1 Å². The average Bonchev–Trinajstić information content (AvgIpc) is 3.29. The fraction of sp³-hybridized carbons (Fsp3) is 0.450. The molecule has 2 fully saturated rings. The number of likely N-dealkylation sites (tertiary alicyclic amines) is 1. The zero-order valence-corrected chi connectivity index (χ0v) is 14.9. The monoisotopic (exact) mass is 350 g/mol. The lowest BCUT2D eigenvalue weighted by Crippen LogP contribution is -2.38. The Morgan fingerprint density at radius 3 is 2.85 bits per heavy atom. The van der Waals surface area contributed by atoms with Crippen LogP contribution in [0.5, 0.6) is 0 Å². The lowest BCUT2D eigenvalue weighted by atomic mass is 10.0. The van der Waals surface area contributed by atoms with Crippen molar-refractivity contribution in [1.29, 1.82) is 0 Å². The van der Waals surface area contributed by atoms with Crippen molar-refractivity contribution in [2.45, 2.75) is 44.1 Å². The Hall–Kier alpha value is -2.63. The molecule has 134 valence electrons. The van der Waals surface area contributed by atoms with Crippen LogP contribution in [0, 0.1) is 0 Å². The predicted octanol–water partition coefficient (Wildman–Crippen LogP) is 3.81. The number of para-hydroxylation sites is 2. The van der Waals surface area contributed by atoms with Crippen LogP contribution in [-0.2, 0) is 7.05 Å². The first kappa shape index (κ1) is 15.6. The fourth-order valence-corrected chi connectivity index (χ4v) is 3.96. The summed E-state index contributed by atoms with van der Waals surface area (Å²) in [6.07, 6.45) is 5.35. The van der Waals surface area contributed by atoms with E-state index in [2.05, 4.69) is 10.1 Å². The highest BCUT2D eigenvalue weighted by Crippen LogP contribution is 2.40. The third-order valence-electron chi connectivity index (χ3n) is 5.49. The summed E-state index contributed by atoms with van der Waals surface area (Å²) < 4.78 is 7.83. The molecule has 0 radical (unpaired) electrons. The first-order valence-electron chi connectivity index (χ1n) is 9.41. The Morgan fingerprint density at radius 2 is 2.04 bits per heavy atom. The SMILES string of the molecule is Cn1nc(C(=O)N2CCCCC2c2nc3ccccc3o2)cc1C1CC1. The number of carbonyl (C=O) groups excluding carboxylic acids is 1. The summed E-state index contributed by atoms with van der Waals surface area (Å²) in [7, 11) is 1.93. The van der Waals surface area contributed by atoms with Crippen molar-refractivity contribution >= 4 is 17.0 Å². The van der Waals surface area contributed by atoms with Gasteiger partial charge in [-0.3, -0.25) is 9.48 Å². The van der Waals surface area contributed by atoms with E-state index in [0.29, 0.717) is 17.5 Å². The normalized spacial score (nSPS) is 20.7. The van der Waals surface area contributed by atoms with Gasteiger partial charge in [0.15, 0.2) is 11.3 Å². The van der Waals surface area contributed by atoms with Crippen molar-refractivity contribution in [3.8, 4) is 0 Å². The van der Waals surface area contributed by atoms with Gasteiger partial charge in [-0.15, -0.1) is 0 Å². The molecule has 0 N–H and O–H groups in total. The van der Waals surface area contributed by atoms with Crippen molar-refractivity contribution in [2.75, 3.05) is 6.54 Å². The van der Waals surface area contributed by atoms with E-state index in [4.69, 9.17) is 4.42 Å². The number of carbonyl (C=O) groups is 1. The second-order valence-corrected chi connectivity index (χ2v) is 7.38. The number of hydrogen-bond acceptors (Lipinski definition) is 4. The molecular weight excluding hydrogens is 328 g/mol. The van der Waals surface area contributed by atoms with E-state index < -0.39 is 0 Å². The number of hydrogen-bond donors (Lipinski definition) is 0. The van der Waals surface area contributed by atoms with Crippen LogP contribution < -0.4 is 0 Å². The quantitative estimate of drug-likeness (QED) is 0.720. The Bertz CT molecular complexity index is 936. The molecule has 1 saturated heterocycles. The lowest BCUT2D eigenvalue weighted by Gasteiger charge is -2.33. The molecule has 1 aromatic carbocycles.